The average Bonchev–Trinajstić information content (AvgIpc) is 3.00. The van der Waals surface area contributed by atoms with Gasteiger partial charge in [-0.2, -0.15) is 0 Å². The number of rotatable bonds is 33. The van der Waals surface area contributed by atoms with Crippen molar-refractivity contribution in [1.29, 1.82) is 0 Å². The van der Waals surface area contributed by atoms with Crippen molar-refractivity contribution in [2.45, 2.75) is 226 Å². The van der Waals surface area contributed by atoms with E-state index in [1.165, 1.54) is 205 Å². The largest absolute Gasteiger partial charge is 0.0654 e. The molecule has 0 saturated carbocycles. The Morgan fingerprint density at radius 2 is 0.643 bits per heavy atom. The Kier molecular flexibility index (Phi) is 29.6. The molecule has 0 unspecified atom stereocenters. The Morgan fingerprint density at radius 1 is 0.357 bits per heavy atom. The number of benzene rings is 1. The van der Waals surface area contributed by atoms with Crippen molar-refractivity contribution < 1.29 is 0 Å². The predicted octanol–water partition coefficient (Wildman–Crippen LogP) is 14.9. The van der Waals surface area contributed by atoms with E-state index in [-0.39, 0.29) is 0 Å². The minimum absolute atomic E-state index is 1.06. The van der Waals surface area contributed by atoms with Crippen LogP contribution in [0.5, 0.6) is 0 Å². The maximum atomic E-state index is 4.14. The van der Waals surface area contributed by atoms with Gasteiger partial charge in [0.1, 0.15) is 0 Å². The van der Waals surface area contributed by atoms with Crippen LogP contribution in [-0.4, -0.2) is 0 Å². The first kappa shape index (κ1) is 39.2. The highest BCUT2D eigenvalue weighted by atomic mass is 14.1. The first-order chi connectivity index (χ1) is 20.8. The lowest BCUT2D eigenvalue weighted by molar-refractivity contribution is 0.534. The van der Waals surface area contributed by atoms with Gasteiger partial charge in [0.05, 0.1) is 0 Å². The zero-order valence-electron chi connectivity index (χ0n) is 29.3. The van der Waals surface area contributed by atoms with Crippen LogP contribution in [0.2, 0.25) is 0 Å². The SMILES string of the molecule is [CH2]CCCc1c(CCCCCCCCCCCCCCCC)cccc1CCCCCCCCCCCCCCCC. The summed E-state index contributed by atoms with van der Waals surface area (Å²) in [6, 6.07) is 7.23. The van der Waals surface area contributed by atoms with Crippen molar-refractivity contribution >= 4 is 0 Å². The highest BCUT2D eigenvalue weighted by molar-refractivity contribution is 5.36. The van der Waals surface area contributed by atoms with Gasteiger partial charge in [0.25, 0.3) is 0 Å². The highest BCUT2D eigenvalue weighted by Crippen LogP contribution is 2.23. The minimum atomic E-state index is 1.06. The smallest absolute Gasteiger partial charge is 0.0273 e. The fraction of sp³-hybridized carbons (Fsp3) is 0.833. The molecule has 0 fully saturated rings. The van der Waals surface area contributed by atoms with Gasteiger partial charge in [-0.15, -0.1) is 0 Å². The molecule has 0 aliphatic rings. The maximum absolute atomic E-state index is 4.14. The molecule has 1 aromatic carbocycles. The number of aryl methyl sites for hydroxylation is 2. The third-order valence-electron chi connectivity index (χ3n) is 9.65. The first-order valence-electron chi connectivity index (χ1n) is 19.7. The minimum Gasteiger partial charge on any atom is -0.0654 e. The van der Waals surface area contributed by atoms with Gasteiger partial charge < -0.3 is 0 Å². The van der Waals surface area contributed by atoms with Gasteiger partial charge in [0.15, 0.2) is 0 Å². The van der Waals surface area contributed by atoms with Crippen LogP contribution < -0.4 is 0 Å². The molecule has 0 amide bonds. The molecule has 245 valence electrons. The topological polar surface area (TPSA) is 0 Å². The van der Waals surface area contributed by atoms with Crippen LogP contribution in [0, 0.1) is 6.92 Å². The third-order valence-corrected chi connectivity index (χ3v) is 9.65. The maximum Gasteiger partial charge on any atom is -0.0273 e. The van der Waals surface area contributed by atoms with E-state index < -0.39 is 0 Å². The summed E-state index contributed by atoms with van der Waals surface area (Å²) in [5, 5.41) is 0. The summed E-state index contributed by atoms with van der Waals surface area (Å²) in [7, 11) is 0. The van der Waals surface area contributed by atoms with Crippen molar-refractivity contribution in [3.63, 3.8) is 0 Å². The Bertz CT molecular complexity index is 608. The summed E-state index contributed by atoms with van der Waals surface area (Å²) in [4.78, 5) is 0. The fourth-order valence-corrected chi connectivity index (χ4v) is 6.80. The van der Waals surface area contributed by atoms with E-state index in [4.69, 9.17) is 0 Å². The van der Waals surface area contributed by atoms with Crippen LogP contribution >= 0.6 is 0 Å². The average molecular weight is 582 g/mol. The zero-order valence-corrected chi connectivity index (χ0v) is 29.3. The van der Waals surface area contributed by atoms with Crippen molar-refractivity contribution in [3.8, 4) is 0 Å². The lowest BCUT2D eigenvalue weighted by Crippen LogP contribution is -2.02. The van der Waals surface area contributed by atoms with Crippen LogP contribution in [0.15, 0.2) is 18.2 Å². The van der Waals surface area contributed by atoms with E-state index >= 15 is 0 Å². The van der Waals surface area contributed by atoms with E-state index in [2.05, 4.69) is 39.0 Å². The molecule has 0 aromatic heterocycles. The second kappa shape index (κ2) is 31.6. The standard InChI is InChI=1S/C42H77/c1-4-7-10-12-14-16-18-20-22-24-26-28-30-32-35-40-37-34-38-41(42(40)39-9-6-3)36-33-31-29-27-25-23-21-19-17-15-13-11-8-5-2/h34,37-38H,3-33,35-36,39H2,1-2H3. The summed E-state index contributed by atoms with van der Waals surface area (Å²) in [5.41, 5.74) is 5.01. The summed E-state index contributed by atoms with van der Waals surface area (Å²) in [5.74, 6) is 0. The van der Waals surface area contributed by atoms with Crippen molar-refractivity contribution in [2.24, 2.45) is 0 Å². The van der Waals surface area contributed by atoms with Crippen LogP contribution in [0.25, 0.3) is 0 Å². The van der Waals surface area contributed by atoms with E-state index in [0.29, 0.717) is 0 Å². The first-order valence-corrected chi connectivity index (χ1v) is 19.7. The lowest BCUT2D eigenvalue weighted by atomic mass is 9.90. The molecule has 1 rings (SSSR count). The Hall–Kier alpha value is -0.780. The molecule has 1 aromatic rings. The van der Waals surface area contributed by atoms with E-state index in [0.717, 1.165) is 6.42 Å². The third kappa shape index (κ3) is 23.6. The predicted molar refractivity (Wildman–Crippen MR) is 193 cm³/mol. The van der Waals surface area contributed by atoms with Crippen molar-refractivity contribution in [3.05, 3.63) is 41.8 Å². The second-order valence-corrected chi connectivity index (χ2v) is 13.7. The molecule has 0 saturated heterocycles. The van der Waals surface area contributed by atoms with Crippen LogP contribution in [0.4, 0.5) is 0 Å². The molecule has 0 aliphatic carbocycles. The zero-order chi connectivity index (χ0) is 30.2. The van der Waals surface area contributed by atoms with Gasteiger partial charge in [-0.3, -0.25) is 0 Å². The van der Waals surface area contributed by atoms with E-state index in [1.54, 1.807) is 16.7 Å². The lowest BCUT2D eigenvalue weighted by Gasteiger charge is -2.15. The monoisotopic (exact) mass is 582 g/mol. The Morgan fingerprint density at radius 3 is 0.929 bits per heavy atom. The van der Waals surface area contributed by atoms with E-state index in [1.807, 2.05) is 0 Å². The quantitative estimate of drug-likeness (QED) is 0.0724. The Labute approximate surface area is 267 Å². The molecular weight excluding hydrogens is 504 g/mol. The molecular formula is C42H77. The summed E-state index contributed by atoms with van der Waals surface area (Å²) >= 11 is 0. The molecule has 0 bridgehead atoms. The van der Waals surface area contributed by atoms with Gasteiger partial charge >= 0.3 is 0 Å². The van der Waals surface area contributed by atoms with Gasteiger partial charge in [-0.05, 0) is 55.2 Å². The fourth-order valence-electron chi connectivity index (χ4n) is 6.80. The van der Waals surface area contributed by atoms with Gasteiger partial charge in [-0.1, -0.05) is 212 Å². The van der Waals surface area contributed by atoms with Crippen molar-refractivity contribution in [1.82, 2.24) is 0 Å². The summed E-state index contributed by atoms with van der Waals surface area (Å²) < 4.78 is 0. The molecule has 0 heterocycles. The highest BCUT2D eigenvalue weighted by Gasteiger charge is 2.08. The van der Waals surface area contributed by atoms with Crippen molar-refractivity contribution in [2.75, 3.05) is 0 Å². The van der Waals surface area contributed by atoms with Crippen LogP contribution in [0.1, 0.15) is 223 Å². The summed E-state index contributed by atoms with van der Waals surface area (Å²) in [6.07, 6.45) is 46.5. The van der Waals surface area contributed by atoms with Gasteiger partial charge in [0, 0.05) is 0 Å². The molecule has 1 radical (unpaired) electrons. The Balaban J connectivity index is 2.13. The molecule has 0 heteroatoms. The van der Waals surface area contributed by atoms with Crippen LogP contribution in [0.3, 0.4) is 0 Å². The van der Waals surface area contributed by atoms with Gasteiger partial charge in [-0.25, -0.2) is 0 Å². The molecule has 0 nitrogen and oxygen atoms in total. The normalized spacial score (nSPS) is 11.5. The van der Waals surface area contributed by atoms with Gasteiger partial charge in [0.2, 0.25) is 0 Å². The number of hydrogen-bond acceptors (Lipinski definition) is 0. The molecule has 42 heavy (non-hydrogen) atoms. The molecule has 0 N–H and O–H groups in total. The number of unbranched alkanes of at least 4 members (excludes halogenated alkanes) is 27. The molecule has 0 atom stereocenters. The summed E-state index contributed by atoms with van der Waals surface area (Å²) in [6.45, 7) is 8.76. The second-order valence-electron chi connectivity index (χ2n) is 13.7. The number of hydrogen-bond donors (Lipinski definition) is 0. The molecule has 0 aliphatic heterocycles. The van der Waals surface area contributed by atoms with Crippen LogP contribution in [-0.2, 0) is 19.3 Å². The van der Waals surface area contributed by atoms with E-state index in [9.17, 15) is 0 Å². The molecule has 0 spiro atoms.